The highest BCUT2D eigenvalue weighted by Gasteiger charge is 2.48. The van der Waals surface area contributed by atoms with E-state index in [9.17, 15) is 26.3 Å². The number of likely N-dealkylation sites (N-methyl/N-ethyl adjacent to an activating group) is 1. The molecule has 248 valence electrons. The molecule has 2 aromatic heterocycles. The van der Waals surface area contributed by atoms with Crippen LogP contribution in [-0.2, 0) is 6.18 Å². The number of benzene rings is 1. The molecule has 1 aromatic carbocycles. The summed E-state index contributed by atoms with van der Waals surface area (Å²) in [5, 5.41) is 3.12. The summed E-state index contributed by atoms with van der Waals surface area (Å²) in [5.74, 6) is -2.95. The van der Waals surface area contributed by atoms with Crippen molar-refractivity contribution in [3.05, 3.63) is 28.0 Å². The molecule has 6 heterocycles. The van der Waals surface area contributed by atoms with E-state index in [1.807, 2.05) is 4.90 Å². The van der Waals surface area contributed by atoms with Gasteiger partial charge in [0.05, 0.1) is 39.2 Å². The van der Waals surface area contributed by atoms with Gasteiger partial charge >= 0.3 is 18.4 Å². The van der Waals surface area contributed by atoms with Gasteiger partial charge in [0.25, 0.3) is 0 Å². The first kappa shape index (κ1) is 31.2. The monoisotopic (exact) mass is 675 g/mol. The van der Waals surface area contributed by atoms with Crippen molar-refractivity contribution in [2.24, 2.45) is 5.92 Å². The van der Waals surface area contributed by atoms with Gasteiger partial charge < -0.3 is 25.4 Å². The van der Waals surface area contributed by atoms with E-state index in [1.165, 1.54) is 11.8 Å². The molecule has 0 saturated carbocycles. The third-order valence-corrected chi connectivity index (χ3v) is 9.84. The number of fused-ring (bicyclic) bond motifs is 5. The summed E-state index contributed by atoms with van der Waals surface area (Å²) < 4.78 is 112. The third-order valence-electron chi connectivity index (χ3n) is 9.48. The number of likely N-dealkylation sites (tertiary alicyclic amines) is 1. The number of alkyl halides is 6. The molecule has 4 aliphatic heterocycles. The van der Waals surface area contributed by atoms with E-state index >= 15 is 4.39 Å². The van der Waals surface area contributed by atoms with E-state index < -0.39 is 57.5 Å². The van der Waals surface area contributed by atoms with Gasteiger partial charge in [-0.25, -0.2) is 9.37 Å². The Kier molecular flexibility index (Phi) is 7.36. The van der Waals surface area contributed by atoms with Crippen LogP contribution in [0.4, 0.5) is 42.4 Å². The zero-order valence-electron chi connectivity index (χ0n) is 24.6. The topological polar surface area (TPSA) is 102 Å². The fourth-order valence-electron chi connectivity index (χ4n) is 7.28. The highest BCUT2D eigenvalue weighted by Crippen LogP contribution is 2.51. The van der Waals surface area contributed by atoms with Gasteiger partial charge in [-0.2, -0.15) is 36.3 Å². The predicted octanol–water partition coefficient (Wildman–Crippen LogP) is 5.36. The lowest BCUT2D eigenvalue weighted by atomic mass is 9.98. The van der Waals surface area contributed by atoms with Crippen molar-refractivity contribution >= 4 is 34.1 Å². The molecular formula is C29H29ClF7N7O2. The van der Waals surface area contributed by atoms with Crippen LogP contribution in [-0.4, -0.2) is 83.5 Å². The van der Waals surface area contributed by atoms with Crippen LogP contribution >= 0.6 is 11.6 Å². The Morgan fingerprint density at radius 1 is 1.13 bits per heavy atom. The summed E-state index contributed by atoms with van der Waals surface area (Å²) in [4.78, 5) is 16.2. The number of rotatable bonds is 4. The molecule has 7 rings (SSSR count). The van der Waals surface area contributed by atoms with Crippen molar-refractivity contribution < 1.29 is 40.2 Å². The van der Waals surface area contributed by atoms with E-state index in [4.69, 9.17) is 26.8 Å². The van der Waals surface area contributed by atoms with E-state index in [1.54, 1.807) is 7.05 Å². The van der Waals surface area contributed by atoms with Crippen molar-refractivity contribution in [1.29, 1.82) is 0 Å². The molecule has 0 aliphatic carbocycles. The number of piperazine rings is 1. The molecule has 9 nitrogen and oxygen atoms in total. The van der Waals surface area contributed by atoms with Crippen molar-refractivity contribution in [1.82, 2.24) is 25.2 Å². The van der Waals surface area contributed by atoms with Crippen LogP contribution in [0.2, 0.25) is 5.02 Å². The summed E-state index contributed by atoms with van der Waals surface area (Å²) >= 11 is 6.73. The number of nitrogens with zero attached hydrogens (tertiary/aromatic N) is 5. The number of pyridine rings is 1. The summed E-state index contributed by atoms with van der Waals surface area (Å²) in [7, 11) is 1.55. The minimum atomic E-state index is -4.95. The van der Waals surface area contributed by atoms with Crippen LogP contribution in [0.3, 0.4) is 0 Å². The number of nitrogen functional groups attached to an aromatic ring is 1. The molecule has 3 saturated heterocycles. The maximum absolute atomic E-state index is 16.8. The first-order valence-corrected chi connectivity index (χ1v) is 15.1. The molecule has 0 spiro atoms. The van der Waals surface area contributed by atoms with Gasteiger partial charge in [0.2, 0.25) is 0 Å². The number of halogens is 8. The van der Waals surface area contributed by atoms with Crippen molar-refractivity contribution in [2.75, 3.05) is 44.0 Å². The van der Waals surface area contributed by atoms with Gasteiger partial charge in [-0.05, 0) is 44.9 Å². The zero-order valence-corrected chi connectivity index (χ0v) is 25.3. The minimum Gasteiger partial charge on any atom is -0.489 e. The summed E-state index contributed by atoms with van der Waals surface area (Å²) in [5.41, 5.74) is 2.35. The second-order valence-electron chi connectivity index (χ2n) is 12.4. The molecular weight excluding hydrogens is 647 g/mol. The maximum atomic E-state index is 16.8. The lowest BCUT2D eigenvalue weighted by Crippen LogP contribution is -2.60. The van der Waals surface area contributed by atoms with Crippen LogP contribution < -0.4 is 25.4 Å². The number of hydrogen-bond acceptors (Lipinski definition) is 9. The van der Waals surface area contributed by atoms with E-state index in [2.05, 4.69) is 20.3 Å². The quantitative estimate of drug-likeness (QED) is 0.354. The first-order chi connectivity index (χ1) is 21.6. The molecule has 2 bridgehead atoms. The number of anilines is 2. The fourth-order valence-corrected chi connectivity index (χ4v) is 7.60. The molecule has 5 atom stereocenters. The molecule has 3 N–H and O–H groups in total. The van der Waals surface area contributed by atoms with Gasteiger partial charge in [0.1, 0.15) is 30.4 Å². The van der Waals surface area contributed by atoms with Gasteiger partial charge in [-0.1, -0.05) is 11.6 Å². The number of aromatic nitrogens is 3. The molecule has 46 heavy (non-hydrogen) atoms. The van der Waals surface area contributed by atoms with Gasteiger partial charge in [-0.3, -0.25) is 4.90 Å². The lowest BCUT2D eigenvalue weighted by molar-refractivity contribution is -0.170. The second kappa shape index (κ2) is 10.8. The number of hydrogen-bond donors (Lipinski definition) is 2. The van der Waals surface area contributed by atoms with Gasteiger partial charge in [0, 0.05) is 31.2 Å². The Labute approximate surface area is 263 Å². The Bertz CT molecular complexity index is 1720. The molecule has 3 aromatic rings. The smallest absolute Gasteiger partial charge is 0.418 e. The number of ether oxygens (including phenoxy) is 2. The van der Waals surface area contributed by atoms with Crippen LogP contribution in [0, 0.1) is 18.7 Å². The normalized spacial score (nSPS) is 26.3. The zero-order chi connectivity index (χ0) is 32.9. The van der Waals surface area contributed by atoms with E-state index in [-0.39, 0.29) is 78.7 Å². The first-order valence-electron chi connectivity index (χ1n) is 14.7. The Hall–Kier alpha value is -3.37. The van der Waals surface area contributed by atoms with Gasteiger partial charge in [-0.15, -0.1) is 0 Å². The van der Waals surface area contributed by atoms with E-state index in [0.29, 0.717) is 6.54 Å². The average molecular weight is 676 g/mol. The average Bonchev–Trinajstić information content (AvgIpc) is 3.48. The molecule has 0 amide bonds. The number of aryl methyl sites for hydroxylation is 1. The minimum absolute atomic E-state index is 0.0213. The Morgan fingerprint density at radius 3 is 2.59 bits per heavy atom. The third kappa shape index (κ3) is 5.12. The van der Waals surface area contributed by atoms with Crippen molar-refractivity contribution in [3.8, 4) is 23.0 Å². The standard InChI is InChI=1S/C29H29ClF7N7O2/c1-11-5-17(38)40-23(20(11)29(35,36)37)18-21(30)25-19-24(22(18)31)41-27(46-9-14-6-12(7-43(14)2)28(32,33)34)42-26(19)44-8-13-3-4-15(39-13)16(44)10-45-25/h5,12-16,39H,3-4,6-10H2,1-2H3,(H2,38,40)/t12-,13-,14+,15+,16-/m1/s1. The molecule has 0 unspecified atom stereocenters. The lowest BCUT2D eigenvalue weighted by Gasteiger charge is -2.40. The Balaban J connectivity index is 1.40. The summed E-state index contributed by atoms with van der Waals surface area (Å²) in [6.45, 7) is 1.25. The number of nitrogens with one attached hydrogen (secondary N) is 1. The van der Waals surface area contributed by atoms with Crippen LogP contribution in [0.5, 0.6) is 11.8 Å². The second-order valence-corrected chi connectivity index (χ2v) is 12.8. The fraction of sp³-hybridized carbons (Fsp3) is 0.552. The largest absolute Gasteiger partial charge is 0.489 e. The number of nitrogens with two attached hydrogens (primary N) is 1. The van der Waals surface area contributed by atoms with Crippen LogP contribution in [0.1, 0.15) is 30.4 Å². The molecule has 4 aliphatic rings. The van der Waals surface area contributed by atoms with E-state index in [0.717, 1.165) is 18.9 Å². The van der Waals surface area contributed by atoms with Crippen molar-refractivity contribution in [2.45, 2.75) is 62.7 Å². The highest BCUT2D eigenvalue weighted by atomic mass is 35.5. The van der Waals surface area contributed by atoms with Crippen LogP contribution in [0.15, 0.2) is 6.07 Å². The molecule has 0 radical (unpaired) electrons. The Morgan fingerprint density at radius 2 is 1.89 bits per heavy atom. The predicted molar refractivity (Wildman–Crippen MR) is 155 cm³/mol. The SMILES string of the molecule is Cc1cc(N)nc(-c2c(Cl)c3c4c(nc(OC[C@@H]5C[C@@H](C(F)(F)F)CN5C)nc4c2F)N2C[C@H]4CC[C@H](N4)[C@H]2CO3)c1C(F)(F)F. The van der Waals surface area contributed by atoms with Gasteiger partial charge in [0.15, 0.2) is 11.6 Å². The highest BCUT2D eigenvalue weighted by molar-refractivity contribution is 6.36. The summed E-state index contributed by atoms with van der Waals surface area (Å²) in [6, 6.07) is -0.175. The molecule has 17 heteroatoms. The van der Waals surface area contributed by atoms with Crippen molar-refractivity contribution in [3.63, 3.8) is 0 Å². The maximum Gasteiger partial charge on any atom is 0.418 e. The molecule has 3 fully saturated rings. The van der Waals surface area contributed by atoms with Crippen LogP contribution in [0.25, 0.3) is 22.2 Å². The summed E-state index contributed by atoms with van der Waals surface area (Å²) in [6.07, 6.45) is -7.83.